The highest BCUT2D eigenvalue weighted by Gasteiger charge is 2.26. The number of carbonyl (C=O) groups is 1. The summed E-state index contributed by atoms with van der Waals surface area (Å²) in [5.41, 5.74) is -0.477. The number of hydrogen-bond donors (Lipinski definition) is 2. The number of aromatic nitrogens is 2. The van der Waals surface area contributed by atoms with Crippen molar-refractivity contribution in [1.82, 2.24) is 9.78 Å². The number of amides is 1. The van der Waals surface area contributed by atoms with E-state index in [-0.39, 0.29) is 12.3 Å². The third-order valence-corrected chi connectivity index (χ3v) is 3.42. The second-order valence-corrected chi connectivity index (χ2v) is 6.16. The molecule has 2 N–H and O–H groups in total. The molecular weight excluding hydrogens is 278 g/mol. The SMILES string of the molecule is CC(C)Cn1nccc1NC(=O)CC(C)(O)c1ccccc1. The number of hydrogen-bond acceptors (Lipinski definition) is 3. The molecule has 1 aromatic heterocycles. The summed E-state index contributed by atoms with van der Waals surface area (Å²) in [5, 5.41) is 17.5. The first-order valence-electron chi connectivity index (χ1n) is 7.48. The van der Waals surface area contributed by atoms with E-state index in [0.29, 0.717) is 11.7 Å². The van der Waals surface area contributed by atoms with E-state index in [1.807, 2.05) is 30.3 Å². The van der Waals surface area contributed by atoms with Gasteiger partial charge in [0, 0.05) is 12.6 Å². The maximum Gasteiger partial charge on any atom is 0.228 e. The summed E-state index contributed by atoms with van der Waals surface area (Å²) in [6.07, 6.45) is 1.65. The van der Waals surface area contributed by atoms with Gasteiger partial charge < -0.3 is 10.4 Å². The molecule has 1 atom stereocenters. The van der Waals surface area contributed by atoms with Crippen LogP contribution in [-0.4, -0.2) is 20.8 Å². The Hall–Kier alpha value is -2.14. The van der Waals surface area contributed by atoms with E-state index < -0.39 is 5.60 Å². The lowest BCUT2D eigenvalue weighted by Crippen LogP contribution is -2.29. The molecule has 1 unspecified atom stereocenters. The maximum absolute atomic E-state index is 12.2. The van der Waals surface area contributed by atoms with Crippen molar-refractivity contribution >= 4 is 11.7 Å². The van der Waals surface area contributed by atoms with Crippen LogP contribution in [0.15, 0.2) is 42.6 Å². The molecule has 5 nitrogen and oxygen atoms in total. The molecule has 1 amide bonds. The molecule has 2 aromatic rings. The number of rotatable bonds is 6. The lowest BCUT2D eigenvalue weighted by atomic mass is 9.92. The van der Waals surface area contributed by atoms with Crippen LogP contribution >= 0.6 is 0 Å². The van der Waals surface area contributed by atoms with E-state index in [4.69, 9.17) is 0 Å². The summed E-state index contributed by atoms with van der Waals surface area (Å²) >= 11 is 0. The fourth-order valence-electron chi connectivity index (χ4n) is 2.33. The second kappa shape index (κ2) is 6.75. The predicted molar refractivity (Wildman–Crippen MR) is 86.3 cm³/mol. The van der Waals surface area contributed by atoms with Gasteiger partial charge in [0.15, 0.2) is 0 Å². The largest absolute Gasteiger partial charge is 0.385 e. The van der Waals surface area contributed by atoms with E-state index in [1.54, 1.807) is 23.9 Å². The second-order valence-electron chi connectivity index (χ2n) is 6.16. The molecule has 0 fully saturated rings. The quantitative estimate of drug-likeness (QED) is 0.862. The molecule has 118 valence electrons. The molecule has 5 heteroatoms. The summed E-state index contributed by atoms with van der Waals surface area (Å²) in [6.45, 7) is 6.56. The Labute approximate surface area is 131 Å². The molecule has 1 aromatic carbocycles. The molecule has 0 radical (unpaired) electrons. The molecule has 0 saturated carbocycles. The molecule has 0 aliphatic rings. The zero-order valence-corrected chi connectivity index (χ0v) is 13.3. The van der Waals surface area contributed by atoms with Crippen LogP contribution in [0.1, 0.15) is 32.8 Å². The van der Waals surface area contributed by atoms with Gasteiger partial charge in [-0.1, -0.05) is 44.2 Å². The highest BCUT2D eigenvalue weighted by Crippen LogP contribution is 2.24. The van der Waals surface area contributed by atoms with E-state index in [2.05, 4.69) is 24.3 Å². The zero-order valence-electron chi connectivity index (χ0n) is 13.3. The lowest BCUT2D eigenvalue weighted by Gasteiger charge is -2.23. The van der Waals surface area contributed by atoms with Gasteiger partial charge in [-0.05, 0) is 18.4 Å². The van der Waals surface area contributed by atoms with Gasteiger partial charge in [-0.2, -0.15) is 5.10 Å². The van der Waals surface area contributed by atoms with Crippen LogP contribution in [0, 0.1) is 5.92 Å². The summed E-state index contributed by atoms with van der Waals surface area (Å²) in [5.74, 6) is 0.852. The van der Waals surface area contributed by atoms with E-state index in [1.165, 1.54) is 0 Å². The normalized spacial score (nSPS) is 13.9. The average Bonchev–Trinajstić information content (AvgIpc) is 2.85. The molecule has 0 aliphatic carbocycles. The van der Waals surface area contributed by atoms with Crippen molar-refractivity contribution in [3.05, 3.63) is 48.2 Å². The summed E-state index contributed by atoms with van der Waals surface area (Å²) < 4.78 is 1.76. The topological polar surface area (TPSA) is 67.2 Å². The molecule has 22 heavy (non-hydrogen) atoms. The van der Waals surface area contributed by atoms with Crippen molar-refractivity contribution in [1.29, 1.82) is 0 Å². The number of nitrogens with one attached hydrogen (secondary N) is 1. The molecule has 0 spiro atoms. The van der Waals surface area contributed by atoms with Crippen LogP contribution in [0.25, 0.3) is 0 Å². The summed E-state index contributed by atoms with van der Waals surface area (Å²) in [6, 6.07) is 11.0. The minimum atomic E-state index is -1.20. The van der Waals surface area contributed by atoms with Crippen molar-refractivity contribution in [3.8, 4) is 0 Å². The van der Waals surface area contributed by atoms with Gasteiger partial charge in [-0.3, -0.25) is 4.79 Å². The molecule has 0 aliphatic heterocycles. The van der Waals surface area contributed by atoms with Crippen LogP contribution in [-0.2, 0) is 16.9 Å². The highest BCUT2D eigenvalue weighted by atomic mass is 16.3. The molecule has 0 bridgehead atoms. The van der Waals surface area contributed by atoms with Gasteiger partial charge in [-0.15, -0.1) is 0 Å². The van der Waals surface area contributed by atoms with Crippen molar-refractivity contribution in [2.45, 2.75) is 39.3 Å². The van der Waals surface area contributed by atoms with E-state index in [9.17, 15) is 9.90 Å². The summed E-state index contributed by atoms with van der Waals surface area (Å²) in [4.78, 5) is 12.2. The number of anilines is 1. The highest BCUT2D eigenvalue weighted by molar-refractivity contribution is 5.90. The first-order valence-corrected chi connectivity index (χ1v) is 7.48. The van der Waals surface area contributed by atoms with Crippen LogP contribution in [0.5, 0.6) is 0 Å². The van der Waals surface area contributed by atoms with Gasteiger partial charge in [-0.25, -0.2) is 4.68 Å². The third-order valence-electron chi connectivity index (χ3n) is 3.42. The third kappa shape index (κ3) is 4.18. The number of benzene rings is 1. The van der Waals surface area contributed by atoms with E-state index in [0.717, 1.165) is 12.1 Å². The Bertz CT molecular complexity index is 618. The number of nitrogens with zero attached hydrogens (tertiary/aromatic N) is 2. The average molecular weight is 301 g/mol. The zero-order chi connectivity index (χ0) is 16.2. The minimum absolute atomic E-state index is 0.0100. The van der Waals surface area contributed by atoms with Crippen LogP contribution in [0.3, 0.4) is 0 Å². The number of carbonyl (C=O) groups excluding carboxylic acids is 1. The molecule has 2 rings (SSSR count). The monoisotopic (exact) mass is 301 g/mol. The maximum atomic E-state index is 12.2. The van der Waals surface area contributed by atoms with Crippen molar-refractivity contribution in [2.24, 2.45) is 5.92 Å². The fraction of sp³-hybridized carbons (Fsp3) is 0.412. The smallest absolute Gasteiger partial charge is 0.228 e. The van der Waals surface area contributed by atoms with Gasteiger partial charge in [0.1, 0.15) is 5.82 Å². The van der Waals surface area contributed by atoms with Crippen LogP contribution < -0.4 is 5.32 Å². The summed E-state index contributed by atoms with van der Waals surface area (Å²) in [7, 11) is 0. The van der Waals surface area contributed by atoms with Gasteiger partial charge in [0.2, 0.25) is 5.91 Å². The van der Waals surface area contributed by atoms with Gasteiger partial charge in [0.05, 0.1) is 18.2 Å². The Morgan fingerprint density at radius 3 is 2.64 bits per heavy atom. The first-order chi connectivity index (χ1) is 10.4. The van der Waals surface area contributed by atoms with Crippen molar-refractivity contribution in [3.63, 3.8) is 0 Å². The van der Waals surface area contributed by atoms with Gasteiger partial charge >= 0.3 is 0 Å². The minimum Gasteiger partial charge on any atom is -0.385 e. The van der Waals surface area contributed by atoms with Crippen LogP contribution in [0.4, 0.5) is 5.82 Å². The molecule has 0 saturated heterocycles. The number of aliphatic hydroxyl groups is 1. The van der Waals surface area contributed by atoms with Gasteiger partial charge in [0.25, 0.3) is 0 Å². The van der Waals surface area contributed by atoms with Crippen molar-refractivity contribution < 1.29 is 9.90 Å². The van der Waals surface area contributed by atoms with Crippen molar-refractivity contribution in [2.75, 3.05) is 5.32 Å². The Morgan fingerprint density at radius 2 is 2.00 bits per heavy atom. The molecular formula is C17H23N3O2. The van der Waals surface area contributed by atoms with Crippen LogP contribution in [0.2, 0.25) is 0 Å². The standard InChI is InChI=1S/C17H23N3O2/c1-13(2)12-20-15(9-10-18-20)19-16(21)11-17(3,22)14-7-5-4-6-8-14/h4-10,13,22H,11-12H2,1-3H3,(H,19,21). The fourth-order valence-corrected chi connectivity index (χ4v) is 2.33. The Balaban J connectivity index is 2.03. The predicted octanol–water partition coefficient (Wildman–Crippen LogP) is 2.78. The van der Waals surface area contributed by atoms with E-state index >= 15 is 0 Å². The Kier molecular flexibility index (Phi) is 4.98. The first kappa shape index (κ1) is 16.2. The lowest BCUT2D eigenvalue weighted by molar-refractivity contribution is -0.120. The molecule has 1 heterocycles. The Morgan fingerprint density at radius 1 is 1.32 bits per heavy atom.